The largest absolute Gasteiger partial charge is 0.450 e. The number of aromatic nitrogens is 5. The molecule has 0 atom stereocenters. The molecule has 0 bridgehead atoms. The Bertz CT molecular complexity index is 1280. The lowest BCUT2D eigenvalue weighted by Gasteiger charge is -2.10. The zero-order valence-corrected chi connectivity index (χ0v) is 20.3. The molecule has 0 saturated carbocycles. The fraction of sp³-hybridized carbons (Fsp3) is 0.417. The first-order valence-electron chi connectivity index (χ1n) is 11.5. The van der Waals surface area contributed by atoms with Crippen LogP contribution in [0.25, 0.3) is 22.1 Å². The van der Waals surface area contributed by atoms with Crippen molar-refractivity contribution in [3.63, 3.8) is 0 Å². The lowest BCUT2D eigenvalue weighted by atomic mass is 10.1. The second-order valence-electron chi connectivity index (χ2n) is 8.77. The molecule has 3 N–H and O–H groups in total. The van der Waals surface area contributed by atoms with Gasteiger partial charge < -0.3 is 24.9 Å². The molecule has 0 radical (unpaired) electrons. The first kappa shape index (κ1) is 23.8. The van der Waals surface area contributed by atoms with Crippen LogP contribution in [0.4, 0.5) is 10.6 Å². The molecule has 4 rings (SSSR count). The molecule has 0 fully saturated rings. The fourth-order valence-corrected chi connectivity index (χ4v) is 3.98. The third kappa shape index (κ3) is 5.77. The van der Waals surface area contributed by atoms with Gasteiger partial charge in [0.05, 0.1) is 12.9 Å². The highest BCUT2D eigenvalue weighted by molar-refractivity contribution is 6.28. The summed E-state index contributed by atoms with van der Waals surface area (Å²) in [5, 5.41) is 4.13. The van der Waals surface area contributed by atoms with E-state index < -0.39 is 6.09 Å². The number of amides is 1. The van der Waals surface area contributed by atoms with E-state index in [2.05, 4.69) is 63.1 Å². The van der Waals surface area contributed by atoms with Crippen LogP contribution < -0.4 is 11.1 Å². The van der Waals surface area contributed by atoms with Gasteiger partial charge in [-0.2, -0.15) is 9.97 Å². The maximum Gasteiger partial charge on any atom is 0.407 e. The number of nitrogens with two attached hydrogens (primary N) is 1. The van der Waals surface area contributed by atoms with Gasteiger partial charge in [-0.15, -0.1) is 0 Å². The van der Waals surface area contributed by atoms with Crippen molar-refractivity contribution in [3.05, 3.63) is 47.6 Å². The Morgan fingerprint density at radius 2 is 2.03 bits per heavy atom. The molecular formula is C24H30ClN7O2. The van der Waals surface area contributed by atoms with Crippen LogP contribution in [0.15, 0.2) is 36.8 Å². The van der Waals surface area contributed by atoms with Gasteiger partial charge in [-0.25, -0.2) is 9.78 Å². The van der Waals surface area contributed by atoms with Crippen molar-refractivity contribution in [1.82, 2.24) is 29.4 Å². The minimum Gasteiger partial charge on any atom is -0.450 e. The second kappa shape index (κ2) is 10.7. The van der Waals surface area contributed by atoms with Crippen molar-refractivity contribution >= 4 is 45.6 Å². The molecule has 0 aliphatic heterocycles. The Kier molecular flexibility index (Phi) is 7.52. The first-order chi connectivity index (χ1) is 16.4. The monoisotopic (exact) mass is 483 g/mol. The Labute approximate surface area is 203 Å². The normalized spacial score (nSPS) is 11.5. The summed E-state index contributed by atoms with van der Waals surface area (Å²) >= 11 is 5.89. The van der Waals surface area contributed by atoms with Crippen molar-refractivity contribution in [1.29, 1.82) is 0 Å². The van der Waals surface area contributed by atoms with Gasteiger partial charge in [0.25, 0.3) is 0 Å². The molecule has 3 heterocycles. The smallest absolute Gasteiger partial charge is 0.407 e. The van der Waals surface area contributed by atoms with E-state index in [1.807, 2.05) is 10.6 Å². The number of carbonyl (C=O) groups excluding carboxylic acids is 1. The number of alkyl carbamates (subject to hydrolysis) is 1. The number of unbranched alkanes of at least 4 members (excludes halogenated alkanes) is 1. The lowest BCUT2D eigenvalue weighted by Crippen LogP contribution is -2.24. The van der Waals surface area contributed by atoms with Crippen molar-refractivity contribution < 1.29 is 9.53 Å². The minimum absolute atomic E-state index is 0.0923. The summed E-state index contributed by atoms with van der Waals surface area (Å²) in [6.45, 7) is 6.86. The maximum atomic E-state index is 12.1. The van der Waals surface area contributed by atoms with Crippen molar-refractivity contribution in [2.24, 2.45) is 5.92 Å². The van der Waals surface area contributed by atoms with E-state index in [0.717, 1.165) is 24.9 Å². The Balaban J connectivity index is 1.20. The summed E-state index contributed by atoms with van der Waals surface area (Å²) < 4.78 is 9.46. The van der Waals surface area contributed by atoms with E-state index in [-0.39, 0.29) is 11.1 Å². The molecule has 9 nitrogen and oxygen atoms in total. The van der Waals surface area contributed by atoms with Gasteiger partial charge in [0.15, 0.2) is 11.5 Å². The Hall–Kier alpha value is -3.33. The van der Waals surface area contributed by atoms with E-state index in [9.17, 15) is 4.79 Å². The van der Waals surface area contributed by atoms with Crippen molar-refractivity contribution in [3.8, 4) is 0 Å². The van der Waals surface area contributed by atoms with Crippen LogP contribution >= 0.6 is 11.6 Å². The third-order valence-electron chi connectivity index (χ3n) is 5.71. The molecule has 10 heteroatoms. The number of aryl methyl sites for hydroxylation is 2. The lowest BCUT2D eigenvalue weighted by molar-refractivity contribution is 0.143. The predicted octanol–water partition coefficient (Wildman–Crippen LogP) is 4.77. The van der Waals surface area contributed by atoms with Crippen LogP contribution in [-0.4, -0.2) is 36.8 Å². The fourth-order valence-electron chi connectivity index (χ4n) is 3.81. The quantitative estimate of drug-likeness (QED) is 0.248. The number of fused-ring (bicyclic) bond motifs is 2. The average molecular weight is 484 g/mol. The number of hydrogen-bond donors (Lipinski definition) is 2. The van der Waals surface area contributed by atoms with E-state index in [1.165, 1.54) is 10.9 Å². The molecule has 4 aromatic rings. The van der Waals surface area contributed by atoms with Crippen LogP contribution in [0.2, 0.25) is 5.28 Å². The maximum absolute atomic E-state index is 12.1. The Morgan fingerprint density at radius 3 is 2.85 bits per heavy atom. The summed E-state index contributed by atoms with van der Waals surface area (Å²) in [6, 6.07) is 8.39. The van der Waals surface area contributed by atoms with Gasteiger partial charge in [0.1, 0.15) is 5.52 Å². The molecule has 180 valence electrons. The molecule has 3 aromatic heterocycles. The van der Waals surface area contributed by atoms with Crippen molar-refractivity contribution in [2.45, 2.75) is 52.7 Å². The average Bonchev–Trinajstić information content (AvgIpc) is 3.40. The van der Waals surface area contributed by atoms with Gasteiger partial charge in [0, 0.05) is 31.3 Å². The number of benzene rings is 1. The van der Waals surface area contributed by atoms with E-state index in [4.69, 9.17) is 22.1 Å². The van der Waals surface area contributed by atoms with E-state index >= 15 is 0 Å². The molecular weight excluding hydrogens is 454 g/mol. The third-order valence-corrected chi connectivity index (χ3v) is 5.88. The van der Waals surface area contributed by atoms with Crippen LogP contribution in [0, 0.1) is 5.92 Å². The summed E-state index contributed by atoms with van der Waals surface area (Å²) in [6.07, 6.45) is 5.99. The number of anilines is 1. The first-order valence-corrected chi connectivity index (χ1v) is 11.9. The van der Waals surface area contributed by atoms with E-state index in [1.54, 1.807) is 6.33 Å². The number of hydrogen-bond acceptors (Lipinski definition) is 6. The van der Waals surface area contributed by atoms with Crippen LogP contribution in [-0.2, 0) is 24.4 Å². The number of nitrogens with zero attached hydrogens (tertiary/aromatic N) is 5. The highest BCUT2D eigenvalue weighted by Crippen LogP contribution is 2.20. The van der Waals surface area contributed by atoms with Crippen LogP contribution in [0.5, 0.6) is 0 Å². The summed E-state index contributed by atoms with van der Waals surface area (Å²) in [5.74, 6) is 0.916. The number of nitrogens with one attached hydrogen (secondary N) is 1. The molecule has 0 aliphatic rings. The SMILES string of the molecule is CC(C)CCn1ccc2ccc(CNC(=O)OCCCCn3cnc4c(N)nc(Cl)nc43)cc21. The van der Waals surface area contributed by atoms with Gasteiger partial charge in [-0.05, 0) is 59.9 Å². The molecule has 1 amide bonds. The van der Waals surface area contributed by atoms with Gasteiger partial charge >= 0.3 is 6.09 Å². The second-order valence-corrected chi connectivity index (χ2v) is 9.11. The predicted molar refractivity (Wildman–Crippen MR) is 134 cm³/mol. The molecule has 0 saturated heterocycles. The number of ether oxygens (including phenoxy) is 1. The van der Waals surface area contributed by atoms with Gasteiger partial charge in [-0.1, -0.05) is 26.0 Å². The zero-order valence-electron chi connectivity index (χ0n) is 19.5. The number of carbonyl (C=O) groups is 1. The number of imidazole rings is 1. The summed E-state index contributed by atoms with van der Waals surface area (Å²) in [4.78, 5) is 24.5. The zero-order chi connectivity index (χ0) is 24.1. The standard InChI is InChI=1S/C24H30ClN7O2/c1-16(2)7-10-31-11-8-18-6-5-17(13-19(18)31)14-27-24(33)34-12-4-3-9-32-15-28-20-21(26)29-23(25)30-22(20)32/h5-6,8,11,13,15-16H,3-4,7,9-10,12,14H2,1-2H3,(H,27,33)(H2,26,29,30). The topological polar surface area (TPSA) is 113 Å². The molecule has 0 spiro atoms. The molecule has 0 aliphatic carbocycles. The van der Waals surface area contributed by atoms with Crippen LogP contribution in [0.3, 0.4) is 0 Å². The van der Waals surface area contributed by atoms with E-state index in [0.29, 0.717) is 43.2 Å². The van der Waals surface area contributed by atoms with Gasteiger partial charge in [0.2, 0.25) is 5.28 Å². The molecule has 0 unspecified atom stereocenters. The van der Waals surface area contributed by atoms with Crippen LogP contribution in [0.1, 0.15) is 38.7 Å². The highest BCUT2D eigenvalue weighted by atomic mass is 35.5. The number of halogens is 1. The summed E-state index contributed by atoms with van der Waals surface area (Å²) in [7, 11) is 0. The van der Waals surface area contributed by atoms with Crippen molar-refractivity contribution in [2.75, 3.05) is 12.3 Å². The minimum atomic E-state index is -0.421. The highest BCUT2D eigenvalue weighted by Gasteiger charge is 2.10. The number of rotatable bonds is 10. The summed E-state index contributed by atoms with van der Waals surface area (Å²) in [5.41, 5.74) is 9.19. The number of nitrogen functional groups attached to an aromatic ring is 1. The molecule has 1 aromatic carbocycles. The Morgan fingerprint density at radius 1 is 1.18 bits per heavy atom. The van der Waals surface area contributed by atoms with Gasteiger partial charge in [-0.3, -0.25) is 0 Å². The molecule has 34 heavy (non-hydrogen) atoms.